The fourth-order valence-corrected chi connectivity index (χ4v) is 0.790. The van der Waals surface area contributed by atoms with Crippen LogP contribution in [0.25, 0.3) is 0 Å². The first-order valence-electron chi connectivity index (χ1n) is 3.96. The molecule has 0 unspecified atom stereocenters. The molecule has 15 heavy (non-hydrogen) atoms. The second-order valence-corrected chi connectivity index (χ2v) is 2.61. The molecule has 0 amide bonds. The molecule has 7 nitrogen and oxygen atoms in total. The summed E-state index contributed by atoms with van der Waals surface area (Å²) in [4.78, 5) is 36.4. The molecule has 80 valence electrons. The molecule has 0 spiro atoms. The van der Waals surface area contributed by atoms with E-state index in [9.17, 15) is 14.4 Å². The standard InChI is InChI=1S/C8H8N2O5/c1-5(11)10-8(13)3-7(15-10)4-9-14-6(2)12/h3-4H,1-2H3. The lowest BCUT2D eigenvalue weighted by molar-refractivity contribution is -0.140. The van der Waals surface area contributed by atoms with Crippen molar-refractivity contribution in [2.45, 2.75) is 13.8 Å². The normalized spacial score (nSPS) is 10.5. The lowest BCUT2D eigenvalue weighted by Gasteiger charge is -1.89. The van der Waals surface area contributed by atoms with Gasteiger partial charge in [-0.25, -0.2) is 4.79 Å². The molecule has 1 aromatic heterocycles. The molecule has 0 aromatic carbocycles. The van der Waals surface area contributed by atoms with Gasteiger partial charge in [0.05, 0.1) is 6.07 Å². The zero-order chi connectivity index (χ0) is 11.4. The van der Waals surface area contributed by atoms with Gasteiger partial charge in [-0.3, -0.25) is 9.59 Å². The van der Waals surface area contributed by atoms with Gasteiger partial charge in [-0.1, -0.05) is 5.16 Å². The number of aromatic nitrogens is 1. The van der Waals surface area contributed by atoms with Crippen LogP contribution in [0.3, 0.4) is 0 Å². The quantitative estimate of drug-likeness (QED) is 0.391. The Morgan fingerprint density at radius 1 is 1.53 bits per heavy atom. The smallest absolute Gasteiger partial charge is 0.331 e. The summed E-state index contributed by atoms with van der Waals surface area (Å²) in [6.45, 7) is 2.35. The van der Waals surface area contributed by atoms with Crippen LogP contribution in [0.5, 0.6) is 0 Å². The first kappa shape index (κ1) is 10.9. The molecule has 1 aromatic rings. The van der Waals surface area contributed by atoms with E-state index in [-0.39, 0.29) is 5.76 Å². The Hall–Kier alpha value is -2.18. The maximum Gasteiger partial charge on any atom is 0.331 e. The van der Waals surface area contributed by atoms with Crippen LogP contribution in [0.2, 0.25) is 0 Å². The predicted octanol–water partition coefficient (Wildman–Crippen LogP) is -0.00160. The Kier molecular flexibility index (Phi) is 3.17. The van der Waals surface area contributed by atoms with E-state index in [1.54, 1.807) is 0 Å². The van der Waals surface area contributed by atoms with Crippen LogP contribution in [-0.4, -0.2) is 22.8 Å². The molecule has 0 aliphatic carbocycles. The summed E-state index contributed by atoms with van der Waals surface area (Å²) in [7, 11) is 0. The molecule has 0 saturated heterocycles. The Morgan fingerprint density at radius 2 is 2.20 bits per heavy atom. The van der Waals surface area contributed by atoms with E-state index in [0.29, 0.717) is 4.74 Å². The van der Waals surface area contributed by atoms with Crippen molar-refractivity contribution in [1.82, 2.24) is 4.74 Å². The summed E-state index contributed by atoms with van der Waals surface area (Å²) in [6.07, 6.45) is 1.02. The zero-order valence-corrected chi connectivity index (χ0v) is 8.09. The number of oxime groups is 1. The van der Waals surface area contributed by atoms with E-state index in [0.717, 1.165) is 12.3 Å². The van der Waals surface area contributed by atoms with Crippen molar-refractivity contribution in [3.63, 3.8) is 0 Å². The number of carbonyl (C=O) groups excluding carboxylic acids is 2. The molecular weight excluding hydrogens is 204 g/mol. The number of carbonyl (C=O) groups is 2. The summed E-state index contributed by atoms with van der Waals surface area (Å²) in [5.41, 5.74) is -0.605. The van der Waals surface area contributed by atoms with Crippen molar-refractivity contribution in [1.29, 1.82) is 0 Å². The Morgan fingerprint density at radius 3 is 2.67 bits per heavy atom. The van der Waals surface area contributed by atoms with Crippen molar-refractivity contribution < 1.29 is 18.9 Å². The topological polar surface area (TPSA) is 90.9 Å². The maximum atomic E-state index is 11.1. The van der Waals surface area contributed by atoms with Crippen molar-refractivity contribution in [3.05, 3.63) is 22.2 Å². The summed E-state index contributed by atoms with van der Waals surface area (Å²) >= 11 is 0. The average Bonchev–Trinajstić information content (AvgIpc) is 2.46. The van der Waals surface area contributed by atoms with E-state index in [1.165, 1.54) is 13.8 Å². The van der Waals surface area contributed by atoms with Gasteiger partial charge in [-0.15, -0.1) is 4.74 Å². The van der Waals surface area contributed by atoms with Crippen molar-refractivity contribution in [2.75, 3.05) is 0 Å². The molecule has 0 aliphatic rings. The van der Waals surface area contributed by atoms with E-state index >= 15 is 0 Å². The molecule has 1 heterocycles. The number of hydrogen-bond donors (Lipinski definition) is 0. The van der Waals surface area contributed by atoms with Gasteiger partial charge in [0.1, 0.15) is 6.21 Å². The molecular formula is C8H8N2O5. The molecule has 7 heteroatoms. The highest BCUT2D eigenvalue weighted by Crippen LogP contribution is 1.92. The number of hydrogen-bond acceptors (Lipinski definition) is 6. The van der Waals surface area contributed by atoms with Crippen molar-refractivity contribution >= 4 is 18.1 Å². The second kappa shape index (κ2) is 4.36. The van der Waals surface area contributed by atoms with E-state index < -0.39 is 17.4 Å². The van der Waals surface area contributed by atoms with Crippen LogP contribution in [0.4, 0.5) is 0 Å². The van der Waals surface area contributed by atoms with Gasteiger partial charge in [-0.2, -0.15) is 0 Å². The minimum atomic E-state index is -0.605. The zero-order valence-electron chi connectivity index (χ0n) is 8.09. The van der Waals surface area contributed by atoms with Crippen molar-refractivity contribution in [2.24, 2.45) is 5.16 Å². The third-order valence-electron chi connectivity index (χ3n) is 1.31. The molecule has 0 fully saturated rings. The second-order valence-electron chi connectivity index (χ2n) is 2.61. The first-order valence-corrected chi connectivity index (χ1v) is 3.96. The van der Waals surface area contributed by atoms with Crippen LogP contribution >= 0.6 is 0 Å². The summed E-state index contributed by atoms with van der Waals surface area (Å²) in [5, 5.41) is 3.22. The molecule has 0 bridgehead atoms. The molecule has 0 N–H and O–H groups in total. The van der Waals surface area contributed by atoms with Crippen LogP contribution in [-0.2, 0) is 9.63 Å². The third-order valence-corrected chi connectivity index (χ3v) is 1.31. The SMILES string of the molecule is CC(=O)ON=Cc1cc(=O)n(C(C)=O)o1. The van der Waals surface area contributed by atoms with Gasteiger partial charge < -0.3 is 9.36 Å². The van der Waals surface area contributed by atoms with Gasteiger partial charge in [-0.05, 0) is 0 Å². The largest absolute Gasteiger partial charge is 0.367 e. The first-order chi connectivity index (χ1) is 7.00. The molecule has 0 aliphatic heterocycles. The fraction of sp³-hybridized carbons (Fsp3) is 0.250. The van der Waals surface area contributed by atoms with Crippen LogP contribution in [0.15, 0.2) is 20.5 Å². The molecule has 0 saturated carbocycles. The summed E-state index contributed by atoms with van der Waals surface area (Å²) < 4.78 is 5.34. The Balaban J connectivity index is 2.84. The molecule has 0 atom stereocenters. The third kappa shape index (κ3) is 2.90. The predicted molar refractivity (Wildman–Crippen MR) is 48.6 cm³/mol. The van der Waals surface area contributed by atoms with E-state index in [2.05, 4.69) is 9.99 Å². The monoisotopic (exact) mass is 212 g/mol. The Bertz CT molecular complexity index is 468. The van der Waals surface area contributed by atoms with E-state index in [4.69, 9.17) is 4.52 Å². The highest BCUT2D eigenvalue weighted by Gasteiger charge is 2.07. The summed E-state index contributed by atoms with van der Waals surface area (Å²) in [6, 6.07) is 1.05. The summed E-state index contributed by atoms with van der Waals surface area (Å²) in [5.74, 6) is -1.12. The van der Waals surface area contributed by atoms with Crippen LogP contribution < -0.4 is 5.56 Å². The van der Waals surface area contributed by atoms with Gasteiger partial charge in [0, 0.05) is 13.8 Å². The maximum absolute atomic E-state index is 11.1. The minimum absolute atomic E-state index is 0.0245. The molecule has 0 radical (unpaired) electrons. The highest BCUT2D eigenvalue weighted by atomic mass is 16.7. The fourth-order valence-electron chi connectivity index (χ4n) is 0.790. The average molecular weight is 212 g/mol. The van der Waals surface area contributed by atoms with E-state index in [1.807, 2.05) is 0 Å². The van der Waals surface area contributed by atoms with Crippen LogP contribution in [0.1, 0.15) is 24.4 Å². The van der Waals surface area contributed by atoms with Crippen molar-refractivity contribution in [3.8, 4) is 0 Å². The van der Waals surface area contributed by atoms with Crippen LogP contribution in [0, 0.1) is 0 Å². The minimum Gasteiger partial charge on any atom is -0.367 e. The lowest BCUT2D eigenvalue weighted by atomic mass is 10.5. The molecule has 1 rings (SSSR count). The van der Waals surface area contributed by atoms with Gasteiger partial charge in [0.2, 0.25) is 0 Å². The number of rotatable bonds is 2. The van der Waals surface area contributed by atoms with Gasteiger partial charge in [0.15, 0.2) is 5.76 Å². The van der Waals surface area contributed by atoms with Gasteiger partial charge >= 0.3 is 5.97 Å². The van der Waals surface area contributed by atoms with Gasteiger partial charge in [0.25, 0.3) is 11.5 Å². The lowest BCUT2D eigenvalue weighted by Crippen LogP contribution is -2.18. The highest BCUT2D eigenvalue weighted by molar-refractivity contribution is 5.78. The Labute approximate surface area is 83.9 Å². The number of nitrogens with zero attached hydrogens (tertiary/aromatic N) is 2.